The van der Waals surface area contributed by atoms with Crippen LogP contribution in [0.5, 0.6) is 5.75 Å². The highest BCUT2D eigenvalue weighted by Gasteiger charge is 2.19. The number of nitrogens with one attached hydrogen (secondary N) is 1. The number of rotatable bonds is 5. The van der Waals surface area contributed by atoms with Crippen LogP contribution in [0.1, 0.15) is 35.2 Å². The van der Waals surface area contributed by atoms with Gasteiger partial charge in [-0.25, -0.2) is 0 Å². The van der Waals surface area contributed by atoms with Gasteiger partial charge in [-0.1, -0.05) is 35.9 Å². The molecule has 0 amide bonds. The summed E-state index contributed by atoms with van der Waals surface area (Å²) in [7, 11) is 1.98. The van der Waals surface area contributed by atoms with Crippen LogP contribution < -0.4 is 10.1 Å². The van der Waals surface area contributed by atoms with Crippen LogP contribution in [0.3, 0.4) is 0 Å². The zero-order valence-corrected chi connectivity index (χ0v) is 13.6. The van der Waals surface area contributed by atoms with Crippen LogP contribution >= 0.6 is 0 Å². The number of ether oxygens (including phenoxy) is 1. The number of benzene rings is 2. The van der Waals surface area contributed by atoms with Crippen molar-refractivity contribution in [2.45, 2.75) is 39.8 Å². The quantitative estimate of drug-likeness (QED) is 0.881. The summed E-state index contributed by atoms with van der Waals surface area (Å²) >= 11 is 0. The van der Waals surface area contributed by atoms with Crippen molar-refractivity contribution in [3.8, 4) is 5.75 Å². The normalized spacial score (nSPS) is 13.8. The zero-order chi connectivity index (χ0) is 15.4. The molecule has 0 aromatic heterocycles. The van der Waals surface area contributed by atoms with Crippen LogP contribution in [0.4, 0.5) is 0 Å². The van der Waals surface area contributed by atoms with E-state index in [1.807, 2.05) is 13.1 Å². The number of hydrogen-bond acceptors (Lipinski definition) is 2. The van der Waals surface area contributed by atoms with Crippen LogP contribution in [0.25, 0.3) is 0 Å². The summed E-state index contributed by atoms with van der Waals surface area (Å²) < 4.78 is 6.13. The molecule has 21 heavy (non-hydrogen) atoms. The molecule has 0 aliphatic heterocycles. The van der Waals surface area contributed by atoms with E-state index in [9.17, 15) is 0 Å². The van der Waals surface area contributed by atoms with E-state index in [-0.39, 0.29) is 12.1 Å². The van der Waals surface area contributed by atoms with Crippen LogP contribution in [0.15, 0.2) is 42.5 Å². The molecule has 2 rings (SSSR count). The highest BCUT2D eigenvalue weighted by atomic mass is 16.5. The molecule has 1 N–H and O–H groups in total. The summed E-state index contributed by atoms with van der Waals surface area (Å²) in [6.07, 6.45) is 0.0554. The summed E-state index contributed by atoms with van der Waals surface area (Å²) in [6, 6.07) is 15.0. The second-order valence-corrected chi connectivity index (χ2v) is 5.75. The maximum absolute atomic E-state index is 6.13. The smallest absolute Gasteiger partial charge is 0.120 e. The minimum atomic E-state index is 0.0554. The van der Waals surface area contributed by atoms with Gasteiger partial charge in [-0.05, 0) is 63.6 Å². The van der Waals surface area contributed by atoms with Crippen LogP contribution in [-0.4, -0.2) is 13.2 Å². The van der Waals surface area contributed by atoms with E-state index in [0.29, 0.717) is 0 Å². The first kappa shape index (κ1) is 15.6. The second-order valence-electron chi connectivity index (χ2n) is 5.75. The van der Waals surface area contributed by atoms with Gasteiger partial charge in [0.1, 0.15) is 11.9 Å². The van der Waals surface area contributed by atoms with Gasteiger partial charge < -0.3 is 10.1 Å². The van der Waals surface area contributed by atoms with E-state index >= 15 is 0 Å². The number of likely N-dealkylation sites (N-methyl/N-ethyl adjacent to an activating group) is 1. The minimum Gasteiger partial charge on any atom is -0.489 e. The van der Waals surface area contributed by atoms with Gasteiger partial charge in [0.05, 0.1) is 6.04 Å². The standard InChI is InChI=1S/C19H25NO/c1-13-6-9-17(10-7-13)19(20-5)16(4)21-18-11-8-14(2)15(3)12-18/h6-12,16,19-20H,1-5H3. The van der Waals surface area contributed by atoms with Crippen LogP contribution in [-0.2, 0) is 0 Å². The highest BCUT2D eigenvalue weighted by molar-refractivity contribution is 5.34. The molecule has 0 fully saturated rings. The SMILES string of the molecule is CNC(c1ccc(C)cc1)C(C)Oc1ccc(C)c(C)c1. The highest BCUT2D eigenvalue weighted by Crippen LogP contribution is 2.23. The molecule has 112 valence electrons. The van der Waals surface area contributed by atoms with E-state index in [4.69, 9.17) is 4.74 Å². The molecule has 0 saturated heterocycles. The lowest BCUT2D eigenvalue weighted by atomic mass is 10.0. The second kappa shape index (κ2) is 6.77. The van der Waals surface area contributed by atoms with Crippen molar-refractivity contribution in [3.05, 3.63) is 64.7 Å². The average Bonchev–Trinajstić information content (AvgIpc) is 2.46. The van der Waals surface area contributed by atoms with Crippen molar-refractivity contribution in [1.29, 1.82) is 0 Å². The molecule has 2 nitrogen and oxygen atoms in total. The number of hydrogen-bond donors (Lipinski definition) is 1. The molecule has 0 spiro atoms. The molecule has 0 bridgehead atoms. The molecule has 0 heterocycles. The molecule has 0 aliphatic carbocycles. The average molecular weight is 283 g/mol. The van der Waals surface area contributed by atoms with Gasteiger partial charge in [-0.2, -0.15) is 0 Å². The Hall–Kier alpha value is -1.80. The lowest BCUT2D eigenvalue weighted by Gasteiger charge is -2.25. The fourth-order valence-corrected chi connectivity index (χ4v) is 2.52. The topological polar surface area (TPSA) is 21.3 Å². The largest absolute Gasteiger partial charge is 0.489 e. The van der Waals surface area contributed by atoms with Crippen molar-refractivity contribution >= 4 is 0 Å². The van der Waals surface area contributed by atoms with Gasteiger partial charge in [-0.3, -0.25) is 0 Å². The molecular formula is C19H25NO. The first-order chi connectivity index (χ1) is 10.0. The fraction of sp³-hybridized carbons (Fsp3) is 0.368. The Labute approximate surface area is 128 Å². The zero-order valence-electron chi connectivity index (χ0n) is 13.6. The van der Waals surface area contributed by atoms with Gasteiger partial charge in [0.25, 0.3) is 0 Å². The molecule has 2 heteroatoms. The molecule has 2 aromatic rings. The predicted molar refractivity (Wildman–Crippen MR) is 89.0 cm³/mol. The van der Waals surface area contributed by atoms with Crippen molar-refractivity contribution in [1.82, 2.24) is 5.32 Å². The monoisotopic (exact) mass is 283 g/mol. The third-order valence-corrected chi connectivity index (χ3v) is 4.02. The Morgan fingerprint density at radius 1 is 0.905 bits per heavy atom. The molecule has 0 radical (unpaired) electrons. The van der Waals surface area contributed by atoms with Crippen molar-refractivity contribution < 1.29 is 4.74 Å². The van der Waals surface area contributed by atoms with Crippen molar-refractivity contribution in [2.24, 2.45) is 0 Å². The Bertz CT molecular complexity index is 589. The van der Waals surface area contributed by atoms with Gasteiger partial charge in [0.2, 0.25) is 0 Å². The molecule has 2 aromatic carbocycles. The Morgan fingerprint density at radius 3 is 2.14 bits per heavy atom. The van der Waals surface area contributed by atoms with Crippen LogP contribution in [0, 0.1) is 20.8 Å². The van der Waals surface area contributed by atoms with Crippen LogP contribution in [0.2, 0.25) is 0 Å². The Morgan fingerprint density at radius 2 is 1.57 bits per heavy atom. The lowest BCUT2D eigenvalue weighted by molar-refractivity contribution is 0.175. The molecule has 2 unspecified atom stereocenters. The summed E-state index contributed by atoms with van der Waals surface area (Å²) in [5.74, 6) is 0.929. The molecule has 0 aliphatic rings. The maximum Gasteiger partial charge on any atom is 0.120 e. The third kappa shape index (κ3) is 3.85. The Kier molecular flexibility index (Phi) is 5.03. The van der Waals surface area contributed by atoms with Crippen molar-refractivity contribution in [3.63, 3.8) is 0 Å². The van der Waals surface area contributed by atoms with E-state index in [2.05, 4.69) is 69.4 Å². The maximum atomic E-state index is 6.13. The summed E-state index contributed by atoms with van der Waals surface area (Å²) in [6.45, 7) is 8.44. The lowest BCUT2D eigenvalue weighted by Crippen LogP contribution is -2.31. The summed E-state index contributed by atoms with van der Waals surface area (Å²) in [5, 5.41) is 3.36. The third-order valence-electron chi connectivity index (χ3n) is 4.02. The fourth-order valence-electron chi connectivity index (χ4n) is 2.52. The van der Waals surface area contributed by atoms with Gasteiger partial charge in [0.15, 0.2) is 0 Å². The molecule has 0 saturated carbocycles. The van der Waals surface area contributed by atoms with Gasteiger partial charge >= 0.3 is 0 Å². The summed E-state index contributed by atoms with van der Waals surface area (Å²) in [5.41, 5.74) is 5.07. The van der Waals surface area contributed by atoms with Crippen molar-refractivity contribution in [2.75, 3.05) is 7.05 Å². The first-order valence-electron chi connectivity index (χ1n) is 7.49. The minimum absolute atomic E-state index is 0.0554. The van der Waals surface area contributed by atoms with E-state index in [0.717, 1.165) is 5.75 Å². The van der Waals surface area contributed by atoms with E-state index < -0.39 is 0 Å². The number of aryl methyl sites for hydroxylation is 3. The van der Waals surface area contributed by atoms with E-state index in [1.165, 1.54) is 22.3 Å². The predicted octanol–water partition coefficient (Wildman–Crippen LogP) is 4.34. The molecule has 2 atom stereocenters. The Balaban J connectivity index is 2.14. The molecular weight excluding hydrogens is 258 g/mol. The van der Waals surface area contributed by atoms with Gasteiger partial charge in [-0.15, -0.1) is 0 Å². The van der Waals surface area contributed by atoms with E-state index in [1.54, 1.807) is 0 Å². The van der Waals surface area contributed by atoms with Gasteiger partial charge in [0, 0.05) is 0 Å². The summed E-state index contributed by atoms with van der Waals surface area (Å²) in [4.78, 5) is 0. The first-order valence-corrected chi connectivity index (χ1v) is 7.49.